The molecule has 21 heavy (non-hydrogen) atoms. The molecule has 1 unspecified atom stereocenters. The van der Waals surface area contributed by atoms with E-state index in [0.717, 1.165) is 18.2 Å². The van der Waals surface area contributed by atoms with Gasteiger partial charge in [-0.25, -0.2) is 0 Å². The number of oxime groups is 1. The van der Waals surface area contributed by atoms with Crippen LogP contribution in [0.2, 0.25) is 0 Å². The van der Waals surface area contributed by atoms with Gasteiger partial charge in [0.1, 0.15) is 6.21 Å². The number of nitrogens with two attached hydrogens (primary N) is 1. The van der Waals surface area contributed by atoms with Crippen molar-refractivity contribution < 1.29 is 36.0 Å². The molecule has 4 nitrogen and oxygen atoms in total. The summed E-state index contributed by atoms with van der Waals surface area (Å²) in [6, 6.07) is 3.28. The standard InChI is InChI=1S/C11H8F6N2O2/c12-10(13,14)5-19-21-8(9(18)20)6-2-1-3-7(4-6)11(15,16)17/h1-5,8H,(H2,18,20). The molecule has 0 heterocycles. The average molecular weight is 314 g/mol. The van der Waals surface area contributed by atoms with E-state index in [2.05, 4.69) is 9.99 Å². The van der Waals surface area contributed by atoms with Crippen LogP contribution >= 0.6 is 0 Å². The number of halogens is 6. The molecule has 0 spiro atoms. The summed E-state index contributed by atoms with van der Waals surface area (Å²) in [5, 5.41) is 2.50. The number of nitrogens with zero attached hydrogens (tertiary/aromatic N) is 1. The molecule has 0 aliphatic rings. The fourth-order valence-corrected chi connectivity index (χ4v) is 1.31. The van der Waals surface area contributed by atoms with Crippen LogP contribution < -0.4 is 5.73 Å². The predicted octanol–water partition coefficient (Wildman–Crippen LogP) is 2.80. The molecule has 1 amide bonds. The highest BCUT2D eigenvalue weighted by atomic mass is 19.4. The van der Waals surface area contributed by atoms with Crippen LogP contribution in [0.25, 0.3) is 0 Å². The summed E-state index contributed by atoms with van der Waals surface area (Å²) in [4.78, 5) is 15.3. The van der Waals surface area contributed by atoms with Crippen LogP contribution in [0.15, 0.2) is 29.4 Å². The highest BCUT2D eigenvalue weighted by molar-refractivity contribution is 5.80. The number of alkyl halides is 6. The Hall–Kier alpha value is -2.26. The first-order chi connectivity index (χ1) is 9.50. The summed E-state index contributed by atoms with van der Waals surface area (Å²) in [5.74, 6) is -1.28. The topological polar surface area (TPSA) is 64.7 Å². The van der Waals surface area contributed by atoms with Crippen LogP contribution in [0, 0.1) is 0 Å². The van der Waals surface area contributed by atoms with Gasteiger partial charge < -0.3 is 10.6 Å². The first-order valence-electron chi connectivity index (χ1n) is 5.24. The van der Waals surface area contributed by atoms with Gasteiger partial charge in [0.15, 0.2) is 0 Å². The second-order valence-corrected chi connectivity index (χ2v) is 3.79. The molecule has 0 saturated heterocycles. The average Bonchev–Trinajstić information content (AvgIpc) is 2.32. The molecule has 0 aliphatic heterocycles. The minimum atomic E-state index is -4.80. The molecule has 0 saturated carbocycles. The number of primary amides is 1. The summed E-state index contributed by atoms with van der Waals surface area (Å²) in [6.45, 7) is 0. The van der Waals surface area contributed by atoms with Gasteiger partial charge in [-0.05, 0) is 12.1 Å². The molecule has 1 aromatic rings. The number of amides is 1. The van der Waals surface area contributed by atoms with Crippen LogP contribution in [0.1, 0.15) is 17.2 Å². The highest BCUT2D eigenvalue weighted by Gasteiger charge is 2.32. The number of rotatable bonds is 4. The molecule has 0 aliphatic carbocycles. The molecular weight excluding hydrogens is 306 g/mol. The number of hydrogen-bond acceptors (Lipinski definition) is 3. The minimum absolute atomic E-state index is 0.364. The number of carbonyl (C=O) groups excluding carboxylic acids is 1. The zero-order chi connectivity index (χ0) is 16.3. The molecule has 0 radical (unpaired) electrons. The van der Waals surface area contributed by atoms with Crippen molar-refractivity contribution >= 4 is 12.1 Å². The summed E-state index contributed by atoms with van der Waals surface area (Å²) in [5.41, 5.74) is 3.41. The molecule has 1 rings (SSSR count). The highest BCUT2D eigenvalue weighted by Crippen LogP contribution is 2.31. The van der Waals surface area contributed by atoms with Gasteiger partial charge in [-0.2, -0.15) is 26.3 Å². The Labute approximate surface area is 114 Å². The van der Waals surface area contributed by atoms with E-state index >= 15 is 0 Å². The Morgan fingerprint density at radius 3 is 2.33 bits per heavy atom. The van der Waals surface area contributed by atoms with Gasteiger partial charge in [-0.3, -0.25) is 4.79 Å². The molecule has 2 N–H and O–H groups in total. The predicted molar refractivity (Wildman–Crippen MR) is 59.0 cm³/mol. The van der Waals surface area contributed by atoms with Gasteiger partial charge in [0.25, 0.3) is 5.91 Å². The summed E-state index contributed by atoms with van der Waals surface area (Å²) < 4.78 is 73.0. The molecule has 0 aromatic heterocycles. The Morgan fingerprint density at radius 2 is 1.86 bits per heavy atom. The number of hydrogen-bond donors (Lipinski definition) is 1. The monoisotopic (exact) mass is 314 g/mol. The van der Waals surface area contributed by atoms with Crippen molar-refractivity contribution in [3.63, 3.8) is 0 Å². The minimum Gasteiger partial charge on any atom is -0.378 e. The van der Waals surface area contributed by atoms with Gasteiger partial charge in [-0.15, -0.1) is 0 Å². The van der Waals surface area contributed by atoms with Crippen molar-refractivity contribution in [1.82, 2.24) is 0 Å². The molecular formula is C11H8F6N2O2. The summed E-state index contributed by atoms with van der Waals surface area (Å²) >= 11 is 0. The quantitative estimate of drug-likeness (QED) is 0.527. The van der Waals surface area contributed by atoms with E-state index < -0.39 is 36.1 Å². The van der Waals surface area contributed by atoms with Gasteiger partial charge in [0, 0.05) is 5.56 Å². The van der Waals surface area contributed by atoms with E-state index in [1.54, 1.807) is 0 Å². The van der Waals surface area contributed by atoms with Crippen molar-refractivity contribution in [2.45, 2.75) is 18.5 Å². The third-order valence-electron chi connectivity index (χ3n) is 2.14. The second-order valence-electron chi connectivity index (χ2n) is 3.79. The fourth-order valence-electron chi connectivity index (χ4n) is 1.31. The maximum absolute atomic E-state index is 12.5. The normalized spacial score (nSPS) is 14.2. The van der Waals surface area contributed by atoms with Gasteiger partial charge in [0.05, 0.1) is 5.56 Å². The smallest absolute Gasteiger partial charge is 0.378 e. The molecule has 116 valence electrons. The van der Waals surface area contributed by atoms with Gasteiger partial charge >= 0.3 is 12.4 Å². The number of benzene rings is 1. The van der Waals surface area contributed by atoms with E-state index in [0.29, 0.717) is 6.07 Å². The third kappa shape index (κ3) is 5.32. The third-order valence-corrected chi connectivity index (χ3v) is 2.14. The van der Waals surface area contributed by atoms with Crippen molar-refractivity contribution in [3.05, 3.63) is 35.4 Å². The molecule has 0 bridgehead atoms. The Bertz CT molecular complexity index is 538. The summed E-state index contributed by atoms with van der Waals surface area (Å²) in [6.07, 6.45) is -11.9. The first-order valence-corrected chi connectivity index (χ1v) is 5.24. The zero-order valence-corrected chi connectivity index (χ0v) is 10.1. The van der Waals surface area contributed by atoms with Crippen LogP contribution in [0.3, 0.4) is 0 Å². The van der Waals surface area contributed by atoms with Crippen molar-refractivity contribution in [3.8, 4) is 0 Å². The van der Waals surface area contributed by atoms with E-state index in [9.17, 15) is 31.1 Å². The van der Waals surface area contributed by atoms with Crippen LogP contribution in [0.5, 0.6) is 0 Å². The van der Waals surface area contributed by atoms with Gasteiger partial charge in [-0.1, -0.05) is 17.3 Å². The maximum Gasteiger partial charge on any atom is 0.429 e. The summed E-state index contributed by atoms with van der Waals surface area (Å²) in [7, 11) is 0. The van der Waals surface area contributed by atoms with E-state index in [1.807, 2.05) is 0 Å². The Balaban J connectivity index is 3.02. The first kappa shape index (κ1) is 16.8. The zero-order valence-electron chi connectivity index (χ0n) is 10.1. The molecule has 10 heteroatoms. The SMILES string of the molecule is NC(=O)C(ON=CC(F)(F)F)c1cccc(C(F)(F)F)c1. The van der Waals surface area contributed by atoms with Crippen LogP contribution in [-0.2, 0) is 15.8 Å². The maximum atomic E-state index is 12.5. The largest absolute Gasteiger partial charge is 0.429 e. The lowest BCUT2D eigenvalue weighted by atomic mass is 10.1. The van der Waals surface area contributed by atoms with Crippen molar-refractivity contribution in [1.29, 1.82) is 0 Å². The van der Waals surface area contributed by atoms with Crippen molar-refractivity contribution in [2.24, 2.45) is 10.9 Å². The lowest BCUT2D eigenvalue weighted by Gasteiger charge is -2.14. The molecule has 1 atom stereocenters. The van der Waals surface area contributed by atoms with Crippen LogP contribution in [-0.4, -0.2) is 18.3 Å². The molecule has 1 aromatic carbocycles. The second kappa shape index (κ2) is 6.02. The lowest BCUT2D eigenvalue weighted by Crippen LogP contribution is -2.23. The van der Waals surface area contributed by atoms with E-state index in [1.165, 1.54) is 0 Å². The van der Waals surface area contributed by atoms with Crippen molar-refractivity contribution in [2.75, 3.05) is 0 Å². The Morgan fingerprint density at radius 1 is 1.24 bits per heavy atom. The van der Waals surface area contributed by atoms with Gasteiger partial charge in [0.2, 0.25) is 6.10 Å². The number of carbonyl (C=O) groups is 1. The fraction of sp³-hybridized carbons (Fsp3) is 0.273. The molecule has 0 fully saturated rings. The Kier molecular flexibility index (Phi) is 4.81. The van der Waals surface area contributed by atoms with Crippen LogP contribution in [0.4, 0.5) is 26.3 Å². The van der Waals surface area contributed by atoms with E-state index in [4.69, 9.17) is 5.73 Å². The van der Waals surface area contributed by atoms with E-state index in [-0.39, 0.29) is 5.56 Å². The lowest BCUT2D eigenvalue weighted by molar-refractivity contribution is -0.138.